The lowest BCUT2D eigenvalue weighted by Crippen LogP contribution is -2.43. The van der Waals surface area contributed by atoms with Gasteiger partial charge in [-0.3, -0.25) is 19.8 Å². The molecule has 0 atom stereocenters. The molecular weight excluding hydrogens is 492 g/mol. The summed E-state index contributed by atoms with van der Waals surface area (Å²) < 4.78 is 10.5. The normalized spacial score (nSPS) is 14.2. The predicted molar refractivity (Wildman–Crippen MR) is 138 cm³/mol. The Morgan fingerprint density at radius 2 is 1.86 bits per heavy atom. The number of carbonyl (C=O) groups is 3. The number of rotatable bonds is 7. The summed E-state index contributed by atoms with van der Waals surface area (Å²) in [6.45, 7) is 3.57. The minimum Gasteiger partial charge on any atom is -0.497 e. The van der Waals surface area contributed by atoms with Gasteiger partial charge in [0.2, 0.25) is 5.91 Å². The van der Waals surface area contributed by atoms with Gasteiger partial charge in [-0.1, -0.05) is 35.5 Å². The first-order chi connectivity index (χ1) is 16.7. The van der Waals surface area contributed by atoms with Gasteiger partial charge in [-0.15, -0.1) is 0 Å². The zero-order valence-corrected chi connectivity index (χ0v) is 21.2. The number of benzene rings is 2. The maximum Gasteiger partial charge on any atom is 0.321 e. The van der Waals surface area contributed by atoms with Gasteiger partial charge in [0.15, 0.2) is 5.17 Å². The molecule has 0 aliphatic carbocycles. The van der Waals surface area contributed by atoms with Crippen molar-refractivity contribution in [2.45, 2.75) is 19.9 Å². The highest BCUT2D eigenvalue weighted by Gasteiger charge is 2.33. The molecule has 11 heteroatoms. The summed E-state index contributed by atoms with van der Waals surface area (Å²) in [6, 6.07) is 11.3. The van der Waals surface area contributed by atoms with Crippen molar-refractivity contribution < 1.29 is 23.9 Å². The van der Waals surface area contributed by atoms with E-state index in [9.17, 15) is 14.4 Å². The standard InChI is InChI=1S/C24H25ClN4O5S/c1-14(2)26-23(32)28-21(30)13-35-24-27-19(11-15-5-8-17(33-3)9-6-15)22(31)29(24)16-7-10-18(25)20(12-16)34-4/h5-12,14H,13H2,1-4H3,(H2,26,28,30,32)/b19-11-. The molecule has 0 saturated carbocycles. The van der Waals surface area contributed by atoms with E-state index >= 15 is 0 Å². The number of urea groups is 1. The number of carbonyl (C=O) groups excluding carboxylic acids is 3. The number of nitrogens with zero attached hydrogens (tertiary/aromatic N) is 2. The van der Waals surface area contributed by atoms with Gasteiger partial charge >= 0.3 is 6.03 Å². The Balaban J connectivity index is 1.87. The molecular formula is C24H25ClN4O5S. The van der Waals surface area contributed by atoms with Gasteiger partial charge in [-0.25, -0.2) is 9.79 Å². The second-order valence-corrected chi connectivity index (χ2v) is 8.97. The Kier molecular flexibility index (Phi) is 8.78. The number of ether oxygens (including phenoxy) is 2. The molecule has 2 aromatic rings. The molecule has 0 aromatic heterocycles. The molecule has 0 unspecified atom stereocenters. The Labute approximate surface area is 212 Å². The molecule has 3 rings (SSSR count). The van der Waals surface area contributed by atoms with Crippen LogP contribution in [0.15, 0.2) is 53.2 Å². The van der Waals surface area contributed by atoms with E-state index in [4.69, 9.17) is 21.1 Å². The van der Waals surface area contributed by atoms with Crippen LogP contribution in [0.4, 0.5) is 10.5 Å². The van der Waals surface area contributed by atoms with Crippen LogP contribution in [0.5, 0.6) is 11.5 Å². The second kappa shape index (κ2) is 11.8. The van der Waals surface area contributed by atoms with Crippen molar-refractivity contribution in [2.24, 2.45) is 4.99 Å². The summed E-state index contributed by atoms with van der Waals surface area (Å²) >= 11 is 7.17. The number of imide groups is 1. The van der Waals surface area contributed by atoms with Crippen molar-refractivity contribution >= 4 is 58.1 Å². The van der Waals surface area contributed by atoms with Crippen molar-refractivity contribution in [1.29, 1.82) is 0 Å². The Hall–Kier alpha value is -3.50. The summed E-state index contributed by atoms with van der Waals surface area (Å²) in [5, 5.41) is 5.50. The monoisotopic (exact) mass is 516 g/mol. The van der Waals surface area contributed by atoms with E-state index in [2.05, 4.69) is 15.6 Å². The molecule has 184 valence electrons. The number of amidine groups is 1. The molecule has 4 amide bonds. The minimum atomic E-state index is -0.588. The van der Waals surface area contributed by atoms with Crippen LogP contribution >= 0.6 is 23.4 Å². The Bertz CT molecular complexity index is 1180. The van der Waals surface area contributed by atoms with Crippen LogP contribution in [0.3, 0.4) is 0 Å². The number of aliphatic imine (C=N–C) groups is 1. The van der Waals surface area contributed by atoms with Crippen LogP contribution in [0.25, 0.3) is 6.08 Å². The third-order valence-electron chi connectivity index (χ3n) is 4.65. The average molecular weight is 517 g/mol. The number of methoxy groups -OCH3 is 2. The van der Waals surface area contributed by atoms with Gasteiger partial charge in [0.05, 0.1) is 30.7 Å². The maximum absolute atomic E-state index is 13.3. The summed E-state index contributed by atoms with van der Waals surface area (Å²) in [4.78, 5) is 43.3. The molecule has 0 saturated heterocycles. The molecule has 35 heavy (non-hydrogen) atoms. The molecule has 2 N–H and O–H groups in total. The molecule has 1 aliphatic rings. The van der Waals surface area contributed by atoms with Gasteiger partial charge in [-0.2, -0.15) is 0 Å². The number of amides is 4. The third kappa shape index (κ3) is 6.77. The molecule has 1 aliphatic heterocycles. The minimum absolute atomic E-state index is 0.117. The van der Waals surface area contributed by atoms with E-state index in [1.807, 2.05) is 0 Å². The highest BCUT2D eigenvalue weighted by molar-refractivity contribution is 8.14. The second-order valence-electron chi connectivity index (χ2n) is 7.62. The molecule has 0 fully saturated rings. The van der Waals surface area contributed by atoms with E-state index in [0.29, 0.717) is 22.2 Å². The fraction of sp³-hybridized carbons (Fsp3) is 0.250. The maximum atomic E-state index is 13.3. The van der Waals surface area contributed by atoms with Crippen LogP contribution in [-0.2, 0) is 9.59 Å². The first-order valence-corrected chi connectivity index (χ1v) is 11.9. The molecule has 0 spiro atoms. The lowest BCUT2D eigenvalue weighted by atomic mass is 10.2. The lowest BCUT2D eigenvalue weighted by Gasteiger charge is -2.19. The molecule has 1 heterocycles. The van der Waals surface area contributed by atoms with E-state index in [0.717, 1.165) is 17.3 Å². The van der Waals surface area contributed by atoms with Crippen molar-refractivity contribution in [1.82, 2.24) is 10.6 Å². The SMILES string of the molecule is COc1ccc(/C=C2\N=C(SCC(=O)NC(=O)NC(C)C)N(c3ccc(Cl)c(OC)c3)C2=O)cc1. The van der Waals surface area contributed by atoms with Crippen molar-refractivity contribution in [3.05, 3.63) is 58.7 Å². The van der Waals surface area contributed by atoms with Crippen LogP contribution in [0.1, 0.15) is 19.4 Å². The highest BCUT2D eigenvalue weighted by atomic mass is 35.5. The number of thioether (sulfide) groups is 1. The van der Waals surface area contributed by atoms with E-state index < -0.39 is 11.9 Å². The van der Waals surface area contributed by atoms with Crippen LogP contribution < -0.4 is 25.0 Å². The van der Waals surface area contributed by atoms with Gasteiger partial charge in [0.1, 0.15) is 17.2 Å². The quantitative estimate of drug-likeness (QED) is 0.537. The number of hydrogen-bond acceptors (Lipinski definition) is 7. The first-order valence-electron chi connectivity index (χ1n) is 10.6. The summed E-state index contributed by atoms with van der Waals surface area (Å²) in [6.07, 6.45) is 1.64. The highest BCUT2D eigenvalue weighted by Crippen LogP contribution is 2.34. The molecule has 2 aromatic carbocycles. The smallest absolute Gasteiger partial charge is 0.321 e. The van der Waals surface area contributed by atoms with E-state index in [1.165, 1.54) is 12.0 Å². The number of hydrogen-bond donors (Lipinski definition) is 2. The summed E-state index contributed by atoms with van der Waals surface area (Å²) in [7, 11) is 3.05. The van der Waals surface area contributed by atoms with Gasteiger partial charge in [0.25, 0.3) is 5.91 Å². The third-order valence-corrected chi connectivity index (χ3v) is 5.90. The van der Waals surface area contributed by atoms with E-state index in [-0.39, 0.29) is 28.6 Å². The van der Waals surface area contributed by atoms with Crippen molar-refractivity contribution in [3.63, 3.8) is 0 Å². The average Bonchev–Trinajstić information content (AvgIpc) is 3.12. The number of anilines is 1. The topological polar surface area (TPSA) is 109 Å². The summed E-state index contributed by atoms with van der Waals surface area (Å²) in [5.41, 5.74) is 1.41. The lowest BCUT2D eigenvalue weighted by molar-refractivity contribution is -0.117. The van der Waals surface area contributed by atoms with Crippen LogP contribution in [0, 0.1) is 0 Å². The molecule has 0 radical (unpaired) electrons. The van der Waals surface area contributed by atoms with Crippen LogP contribution in [-0.4, -0.2) is 49.0 Å². The zero-order valence-electron chi connectivity index (χ0n) is 19.6. The fourth-order valence-corrected chi connectivity index (χ4v) is 4.06. The fourth-order valence-electron chi connectivity index (χ4n) is 3.06. The van der Waals surface area contributed by atoms with Gasteiger partial charge in [-0.05, 0) is 49.8 Å². The van der Waals surface area contributed by atoms with Crippen molar-refractivity contribution in [3.8, 4) is 11.5 Å². The summed E-state index contributed by atoms with van der Waals surface area (Å²) in [5.74, 6) is 0.0357. The Morgan fingerprint density at radius 3 is 2.49 bits per heavy atom. The van der Waals surface area contributed by atoms with Gasteiger partial charge in [0, 0.05) is 12.1 Å². The molecule has 9 nitrogen and oxygen atoms in total. The predicted octanol–water partition coefficient (Wildman–Crippen LogP) is 4.07. The van der Waals surface area contributed by atoms with Crippen LogP contribution in [0.2, 0.25) is 5.02 Å². The van der Waals surface area contributed by atoms with Gasteiger partial charge < -0.3 is 14.8 Å². The van der Waals surface area contributed by atoms with E-state index in [1.54, 1.807) is 69.5 Å². The van der Waals surface area contributed by atoms with Crippen molar-refractivity contribution in [2.75, 3.05) is 24.9 Å². The number of halogens is 1. The number of nitrogens with one attached hydrogen (secondary N) is 2. The zero-order chi connectivity index (χ0) is 25.5. The Morgan fingerprint density at radius 1 is 1.14 bits per heavy atom. The largest absolute Gasteiger partial charge is 0.497 e. The first kappa shape index (κ1) is 26.1. The molecule has 0 bridgehead atoms.